The van der Waals surface area contributed by atoms with Gasteiger partial charge in [-0.05, 0) is 86.5 Å². The molecule has 2 amide bonds. The molecule has 4 aliphatic carbocycles. The summed E-state index contributed by atoms with van der Waals surface area (Å²) in [6.07, 6.45) is 14.4. The lowest BCUT2D eigenvalue weighted by molar-refractivity contribution is -0.150. The molecule has 0 aromatic carbocycles. The van der Waals surface area contributed by atoms with Crippen LogP contribution in [0, 0.1) is 46.8 Å². The number of aliphatic hydroxyl groups excluding tert-OH is 1. The number of carbonyl (C=O) groups excluding carboxylic acids is 2. The Morgan fingerprint density at radius 3 is 2.56 bits per heavy atom. The molecule has 10 heteroatoms. The number of likely N-dealkylation sites (tertiary alicyclic amines) is 1. The molecule has 9 atom stereocenters. The van der Waals surface area contributed by atoms with Gasteiger partial charge in [-0.2, -0.15) is 0 Å². The molecule has 4 fully saturated rings. The number of carboxylic acids is 1. The summed E-state index contributed by atoms with van der Waals surface area (Å²) in [6, 6.07) is -2.07. The number of aliphatic carboxylic acids is 1. The summed E-state index contributed by atoms with van der Waals surface area (Å²) in [4.78, 5) is 44.0. The number of nitrogens with zero attached hydrogens (tertiary/aromatic N) is 2. The summed E-state index contributed by atoms with van der Waals surface area (Å²) >= 11 is 0. The molecular formula is C33H47N3O7. The summed E-state index contributed by atoms with van der Waals surface area (Å²) in [7, 11) is 0. The molecule has 5 rings (SSSR count). The van der Waals surface area contributed by atoms with Gasteiger partial charge < -0.3 is 30.4 Å². The number of terminal acetylenes is 1. The minimum atomic E-state index is -1.18. The second-order valence-corrected chi connectivity index (χ2v) is 14.4. The van der Waals surface area contributed by atoms with Gasteiger partial charge in [-0.1, -0.05) is 44.3 Å². The molecule has 1 heterocycles. The summed E-state index contributed by atoms with van der Waals surface area (Å²) in [6.45, 7) is 7.66. The summed E-state index contributed by atoms with van der Waals surface area (Å²) in [5.41, 5.74) is 1.03. The van der Waals surface area contributed by atoms with E-state index in [1.165, 1.54) is 5.57 Å². The van der Waals surface area contributed by atoms with E-state index in [4.69, 9.17) is 11.3 Å². The molecule has 1 aliphatic heterocycles. The van der Waals surface area contributed by atoms with Crippen LogP contribution in [-0.4, -0.2) is 80.7 Å². The Labute approximate surface area is 254 Å². The Morgan fingerprint density at radius 1 is 1.16 bits per heavy atom. The number of fused-ring (bicyclic) bond motifs is 5. The van der Waals surface area contributed by atoms with Crippen molar-refractivity contribution in [3.8, 4) is 12.3 Å². The molecule has 10 nitrogen and oxygen atoms in total. The lowest BCUT2D eigenvalue weighted by Gasteiger charge is -2.58. The van der Waals surface area contributed by atoms with E-state index < -0.39 is 41.6 Å². The second kappa shape index (κ2) is 11.6. The van der Waals surface area contributed by atoms with E-state index in [0.29, 0.717) is 24.2 Å². The molecule has 9 unspecified atom stereocenters. The molecule has 0 aromatic heterocycles. The van der Waals surface area contributed by atoms with Crippen molar-refractivity contribution in [1.29, 1.82) is 0 Å². The third-order valence-electron chi connectivity index (χ3n) is 11.8. The summed E-state index contributed by atoms with van der Waals surface area (Å²) < 4.78 is 0. The van der Waals surface area contributed by atoms with Crippen LogP contribution in [-0.2, 0) is 19.2 Å². The molecule has 1 saturated heterocycles. The van der Waals surface area contributed by atoms with Gasteiger partial charge in [0.25, 0.3) is 5.91 Å². The number of hydrogen-bond donors (Lipinski definition) is 4. The van der Waals surface area contributed by atoms with Crippen LogP contribution in [0.1, 0.15) is 85.5 Å². The van der Waals surface area contributed by atoms with Gasteiger partial charge >= 0.3 is 5.97 Å². The first-order valence-corrected chi connectivity index (χ1v) is 15.8. The van der Waals surface area contributed by atoms with Gasteiger partial charge in [0.2, 0.25) is 5.91 Å². The molecule has 0 aromatic rings. The number of allylic oxidation sites excluding steroid dienone is 2. The number of hydrogen-bond acceptors (Lipinski definition) is 7. The van der Waals surface area contributed by atoms with E-state index in [0.717, 1.165) is 55.6 Å². The van der Waals surface area contributed by atoms with Crippen LogP contribution in [0.2, 0.25) is 0 Å². The molecule has 43 heavy (non-hydrogen) atoms. The highest BCUT2D eigenvalue weighted by Crippen LogP contribution is 2.67. The number of rotatable bonds is 7. The van der Waals surface area contributed by atoms with Crippen molar-refractivity contribution < 1.29 is 34.5 Å². The number of aliphatic hydroxyl groups is 2. The fourth-order valence-electron chi connectivity index (χ4n) is 9.27. The SMILES string of the molecule is C#CC1(O)CCC2C3CCC4=CC(=NOCC(=O)NC(C(=O)N5CC(O)CC5C(=O)O)C(C)C)CCC4(C)C3CCC21C. The Morgan fingerprint density at radius 2 is 1.88 bits per heavy atom. The van der Waals surface area contributed by atoms with Gasteiger partial charge in [0.1, 0.15) is 17.7 Å². The van der Waals surface area contributed by atoms with Crippen molar-refractivity contribution >= 4 is 23.5 Å². The number of amides is 2. The van der Waals surface area contributed by atoms with E-state index in [1.807, 2.05) is 0 Å². The standard InChI is InChI=1S/C33H47N3O7/c1-6-33(42)14-11-25-23-8-7-20-15-21(9-12-31(20,4)24(23)10-13-32(25,33)5)35-43-18-27(38)34-28(19(2)3)29(39)36-17-22(37)16-26(36)30(40)41/h1,15,19,22-26,28,37,42H,7-14,16-18H2,2-5H3,(H,34,38)(H,40,41). The smallest absolute Gasteiger partial charge is 0.326 e. The third kappa shape index (κ3) is 5.37. The maximum absolute atomic E-state index is 13.1. The quantitative estimate of drug-likeness (QED) is 0.261. The first kappa shape index (κ1) is 31.5. The van der Waals surface area contributed by atoms with Gasteiger partial charge in [0, 0.05) is 18.4 Å². The van der Waals surface area contributed by atoms with E-state index in [-0.39, 0.29) is 36.3 Å². The molecule has 4 N–H and O–H groups in total. The lowest BCUT2D eigenvalue weighted by Crippen LogP contribution is -2.54. The van der Waals surface area contributed by atoms with Gasteiger partial charge in [0.15, 0.2) is 6.61 Å². The Kier molecular flexibility index (Phi) is 8.47. The fraction of sp³-hybridized carbons (Fsp3) is 0.758. The van der Waals surface area contributed by atoms with E-state index in [1.54, 1.807) is 13.8 Å². The van der Waals surface area contributed by atoms with Crippen LogP contribution in [0.4, 0.5) is 0 Å². The highest BCUT2D eigenvalue weighted by molar-refractivity contribution is 5.96. The monoisotopic (exact) mass is 597 g/mol. The van der Waals surface area contributed by atoms with Crippen LogP contribution in [0.15, 0.2) is 16.8 Å². The van der Waals surface area contributed by atoms with Crippen molar-refractivity contribution in [3.05, 3.63) is 11.6 Å². The lowest BCUT2D eigenvalue weighted by atomic mass is 9.46. The maximum atomic E-state index is 13.1. The minimum Gasteiger partial charge on any atom is -0.480 e. The van der Waals surface area contributed by atoms with E-state index in [2.05, 4.69) is 36.3 Å². The highest BCUT2D eigenvalue weighted by Gasteiger charge is 2.63. The molecular weight excluding hydrogens is 550 g/mol. The first-order valence-electron chi connectivity index (χ1n) is 15.8. The molecule has 0 spiro atoms. The zero-order valence-electron chi connectivity index (χ0n) is 25.8. The number of carbonyl (C=O) groups is 3. The normalized spacial score (nSPS) is 40.1. The summed E-state index contributed by atoms with van der Waals surface area (Å²) in [5, 5.41) is 37.6. The third-order valence-corrected chi connectivity index (χ3v) is 11.8. The van der Waals surface area contributed by atoms with Crippen LogP contribution in [0.25, 0.3) is 0 Å². The van der Waals surface area contributed by atoms with Crippen LogP contribution < -0.4 is 5.32 Å². The Bertz CT molecular complexity index is 1260. The maximum Gasteiger partial charge on any atom is 0.326 e. The summed E-state index contributed by atoms with van der Waals surface area (Å²) in [5.74, 6) is 1.75. The van der Waals surface area contributed by atoms with E-state index >= 15 is 0 Å². The second-order valence-electron chi connectivity index (χ2n) is 14.4. The van der Waals surface area contributed by atoms with Crippen molar-refractivity contribution in [3.63, 3.8) is 0 Å². The molecule has 3 saturated carbocycles. The molecule has 0 radical (unpaired) electrons. The van der Waals surface area contributed by atoms with Crippen molar-refractivity contribution in [1.82, 2.24) is 10.2 Å². The minimum absolute atomic E-state index is 0.0362. The largest absolute Gasteiger partial charge is 0.480 e. The van der Waals surface area contributed by atoms with Gasteiger partial charge in [-0.25, -0.2) is 4.79 Å². The fourth-order valence-corrected chi connectivity index (χ4v) is 9.27. The van der Waals surface area contributed by atoms with Crippen molar-refractivity contribution in [2.24, 2.45) is 39.7 Å². The number of oxime groups is 1. The van der Waals surface area contributed by atoms with Crippen LogP contribution in [0.5, 0.6) is 0 Å². The topological polar surface area (TPSA) is 149 Å². The molecule has 5 aliphatic rings. The van der Waals surface area contributed by atoms with Crippen molar-refractivity contribution in [2.45, 2.75) is 109 Å². The predicted molar refractivity (Wildman–Crippen MR) is 159 cm³/mol. The Hall–Kier alpha value is -2.90. The van der Waals surface area contributed by atoms with Gasteiger partial charge in [-0.3, -0.25) is 9.59 Å². The van der Waals surface area contributed by atoms with E-state index in [9.17, 15) is 29.7 Å². The number of nitrogens with one attached hydrogen (secondary N) is 1. The number of carboxylic acid groups (broad SMARTS) is 1. The van der Waals surface area contributed by atoms with Gasteiger partial charge in [0.05, 0.1) is 11.8 Å². The van der Waals surface area contributed by atoms with Gasteiger partial charge in [-0.15, -0.1) is 6.42 Å². The van der Waals surface area contributed by atoms with Crippen LogP contribution in [0.3, 0.4) is 0 Å². The average Bonchev–Trinajstić information content (AvgIpc) is 3.48. The molecule has 236 valence electrons. The number of β-amino-alcohol motifs (C(OH)–C–C–N with tert-alkyl or cyclic N) is 1. The van der Waals surface area contributed by atoms with Crippen molar-refractivity contribution in [2.75, 3.05) is 13.2 Å². The van der Waals surface area contributed by atoms with Crippen LogP contribution >= 0.6 is 0 Å². The predicted octanol–water partition coefficient (Wildman–Crippen LogP) is 2.87. The zero-order chi connectivity index (χ0) is 31.3. The highest BCUT2D eigenvalue weighted by atomic mass is 16.6. The Balaban J connectivity index is 1.19. The molecule has 0 bridgehead atoms. The average molecular weight is 598 g/mol. The first-order chi connectivity index (χ1) is 20.2. The zero-order valence-corrected chi connectivity index (χ0v) is 25.8.